The number of hydrogen-bond acceptors (Lipinski definition) is 3. The highest BCUT2D eigenvalue weighted by Crippen LogP contribution is 2.28. The molecule has 0 saturated carbocycles. The van der Waals surface area contributed by atoms with E-state index in [0.29, 0.717) is 13.6 Å². The standard InChI is InChI=1S/C7H2BrIN2O2/c8-5-2-6(9)4(3-10)1-7(5)11(12)13/h1-2H. The van der Waals surface area contributed by atoms with E-state index < -0.39 is 4.92 Å². The summed E-state index contributed by atoms with van der Waals surface area (Å²) in [5.41, 5.74) is 0.229. The van der Waals surface area contributed by atoms with E-state index in [0.717, 1.165) is 0 Å². The van der Waals surface area contributed by atoms with E-state index in [1.54, 1.807) is 6.07 Å². The highest BCUT2D eigenvalue weighted by Gasteiger charge is 2.14. The van der Waals surface area contributed by atoms with Crippen LogP contribution in [-0.4, -0.2) is 4.92 Å². The third-order valence-corrected chi connectivity index (χ3v) is 2.88. The van der Waals surface area contributed by atoms with Gasteiger partial charge in [0.15, 0.2) is 0 Å². The van der Waals surface area contributed by atoms with Gasteiger partial charge in [-0.25, -0.2) is 0 Å². The summed E-state index contributed by atoms with van der Waals surface area (Å²) in [5.74, 6) is 0. The van der Waals surface area contributed by atoms with Crippen molar-refractivity contribution in [1.29, 1.82) is 5.26 Å². The second-order valence-corrected chi connectivity index (χ2v) is 4.17. The molecule has 0 atom stereocenters. The minimum Gasteiger partial charge on any atom is -0.258 e. The van der Waals surface area contributed by atoms with Gasteiger partial charge in [-0.1, -0.05) is 0 Å². The molecule has 0 aliphatic heterocycles. The lowest BCUT2D eigenvalue weighted by Crippen LogP contribution is -1.92. The number of halogens is 2. The SMILES string of the molecule is N#Cc1cc([N+](=O)[O-])c(Br)cc1I. The lowest BCUT2D eigenvalue weighted by Gasteiger charge is -1.97. The molecule has 4 nitrogen and oxygen atoms in total. The van der Waals surface area contributed by atoms with Crippen LogP contribution >= 0.6 is 38.5 Å². The van der Waals surface area contributed by atoms with Gasteiger partial charge in [0.1, 0.15) is 6.07 Å². The van der Waals surface area contributed by atoms with Crippen molar-refractivity contribution in [2.24, 2.45) is 0 Å². The topological polar surface area (TPSA) is 66.9 Å². The molecule has 0 N–H and O–H groups in total. The maximum Gasteiger partial charge on any atom is 0.284 e. The second-order valence-electron chi connectivity index (χ2n) is 2.15. The highest BCUT2D eigenvalue weighted by atomic mass is 127. The summed E-state index contributed by atoms with van der Waals surface area (Å²) in [6.07, 6.45) is 0. The summed E-state index contributed by atoms with van der Waals surface area (Å²) >= 11 is 5.01. The Kier molecular flexibility index (Phi) is 3.22. The summed E-state index contributed by atoms with van der Waals surface area (Å²) < 4.78 is 1.08. The van der Waals surface area contributed by atoms with Crippen LogP contribution in [0.4, 0.5) is 5.69 Å². The minimum atomic E-state index is -0.527. The van der Waals surface area contributed by atoms with Gasteiger partial charge in [0.25, 0.3) is 5.69 Å². The van der Waals surface area contributed by atoms with Crippen LogP contribution in [0.25, 0.3) is 0 Å². The molecule has 0 aliphatic carbocycles. The van der Waals surface area contributed by atoms with Gasteiger partial charge in [-0.3, -0.25) is 10.1 Å². The third-order valence-electron chi connectivity index (χ3n) is 1.35. The predicted octanol–water partition coefficient (Wildman–Crippen LogP) is 2.83. The number of nitro benzene ring substituents is 1. The fourth-order valence-electron chi connectivity index (χ4n) is 0.763. The summed E-state index contributed by atoms with van der Waals surface area (Å²) in [6.45, 7) is 0. The van der Waals surface area contributed by atoms with Crippen molar-refractivity contribution in [3.05, 3.63) is 35.9 Å². The molecule has 0 fully saturated rings. The van der Waals surface area contributed by atoms with Crippen molar-refractivity contribution >= 4 is 44.2 Å². The van der Waals surface area contributed by atoms with E-state index in [-0.39, 0.29) is 5.69 Å². The Morgan fingerprint density at radius 2 is 2.23 bits per heavy atom. The van der Waals surface area contributed by atoms with Gasteiger partial charge < -0.3 is 0 Å². The molecule has 0 unspecified atom stereocenters. The average molecular weight is 353 g/mol. The van der Waals surface area contributed by atoms with Gasteiger partial charge in [-0.2, -0.15) is 5.26 Å². The second kappa shape index (κ2) is 4.02. The molecule has 0 aromatic heterocycles. The number of nitro groups is 1. The lowest BCUT2D eigenvalue weighted by molar-refractivity contribution is -0.385. The zero-order valence-electron chi connectivity index (χ0n) is 6.12. The van der Waals surface area contributed by atoms with Crippen LogP contribution < -0.4 is 0 Å². The Hall–Kier alpha value is -0.680. The maximum absolute atomic E-state index is 10.5. The summed E-state index contributed by atoms with van der Waals surface area (Å²) in [6, 6.07) is 4.69. The van der Waals surface area contributed by atoms with Gasteiger partial charge in [0.2, 0.25) is 0 Å². The zero-order valence-corrected chi connectivity index (χ0v) is 9.87. The lowest BCUT2D eigenvalue weighted by atomic mass is 10.2. The van der Waals surface area contributed by atoms with E-state index in [1.165, 1.54) is 6.07 Å². The van der Waals surface area contributed by atoms with Gasteiger partial charge >= 0.3 is 0 Å². The van der Waals surface area contributed by atoms with Crippen LogP contribution in [0.3, 0.4) is 0 Å². The maximum atomic E-state index is 10.5. The molecule has 0 heterocycles. The molecule has 0 amide bonds. The fourth-order valence-corrected chi connectivity index (χ4v) is 2.27. The molecule has 0 bridgehead atoms. The van der Waals surface area contributed by atoms with E-state index >= 15 is 0 Å². The van der Waals surface area contributed by atoms with Crippen molar-refractivity contribution < 1.29 is 4.92 Å². The van der Waals surface area contributed by atoms with Crippen LogP contribution in [0, 0.1) is 25.0 Å². The van der Waals surface area contributed by atoms with Crippen LogP contribution in [0.2, 0.25) is 0 Å². The number of rotatable bonds is 1. The smallest absolute Gasteiger partial charge is 0.258 e. The Balaban J connectivity index is 3.41. The first-order chi connectivity index (χ1) is 6.06. The largest absolute Gasteiger partial charge is 0.284 e. The molecule has 13 heavy (non-hydrogen) atoms. The molecule has 66 valence electrons. The van der Waals surface area contributed by atoms with Gasteiger partial charge in [0.05, 0.1) is 15.0 Å². The molecule has 6 heteroatoms. The molecule has 1 aromatic rings. The first kappa shape index (κ1) is 10.4. The summed E-state index contributed by atoms with van der Waals surface area (Å²) in [4.78, 5) is 9.94. The van der Waals surface area contributed by atoms with Gasteiger partial charge in [-0.15, -0.1) is 0 Å². The molecule has 1 rings (SSSR count). The Morgan fingerprint density at radius 1 is 1.62 bits per heavy atom. The monoisotopic (exact) mass is 352 g/mol. The minimum absolute atomic E-state index is 0.0861. The molecular weight excluding hydrogens is 351 g/mol. The zero-order chi connectivity index (χ0) is 10.0. The number of nitriles is 1. The van der Waals surface area contributed by atoms with Crippen molar-refractivity contribution in [3.63, 3.8) is 0 Å². The number of benzene rings is 1. The first-order valence-electron chi connectivity index (χ1n) is 3.10. The molecule has 0 radical (unpaired) electrons. The number of nitrogens with zero attached hydrogens (tertiary/aromatic N) is 2. The van der Waals surface area contributed by atoms with Crippen molar-refractivity contribution in [1.82, 2.24) is 0 Å². The Labute approximate surface area is 96.0 Å². The number of hydrogen-bond donors (Lipinski definition) is 0. The van der Waals surface area contributed by atoms with Crippen LogP contribution in [0.5, 0.6) is 0 Å². The summed E-state index contributed by atoms with van der Waals surface area (Å²) in [5, 5.41) is 19.1. The van der Waals surface area contributed by atoms with Gasteiger partial charge in [-0.05, 0) is 44.6 Å². The van der Waals surface area contributed by atoms with Crippen molar-refractivity contribution in [2.75, 3.05) is 0 Å². The molecule has 1 aromatic carbocycles. The van der Waals surface area contributed by atoms with Crippen molar-refractivity contribution in [2.45, 2.75) is 0 Å². The molecule has 0 aliphatic rings. The first-order valence-corrected chi connectivity index (χ1v) is 4.97. The Morgan fingerprint density at radius 3 is 2.69 bits per heavy atom. The third kappa shape index (κ3) is 2.16. The van der Waals surface area contributed by atoms with Crippen LogP contribution in [0.15, 0.2) is 16.6 Å². The molecule has 0 saturated heterocycles. The fraction of sp³-hybridized carbons (Fsp3) is 0. The molecule has 0 spiro atoms. The normalized spacial score (nSPS) is 9.31. The van der Waals surface area contributed by atoms with E-state index in [1.807, 2.05) is 28.7 Å². The molecular formula is C7H2BrIN2O2. The van der Waals surface area contributed by atoms with Crippen molar-refractivity contribution in [3.8, 4) is 6.07 Å². The van der Waals surface area contributed by atoms with E-state index in [4.69, 9.17) is 5.26 Å². The van der Waals surface area contributed by atoms with Crippen LogP contribution in [-0.2, 0) is 0 Å². The highest BCUT2D eigenvalue weighted by molar-refractivity contribution is 14.1. The quantitative estimate of drug-likeness (QED) is 0.443. The van der Waals surface area contributed by atoms with E-state index in [9.17, 15) is 10.1 Å². The average Bonchev–Trinajstić information content (AvgIpc) is 2.03. The van der Waals surface area contributed by atoms with E-state index in [2.05, 4.69) is 15.9 Å². The summed E-state index contributed by atoms with van der Waals surface area (Å²) in [7, 11) is 0. The van der Waals surface area contributed by atoms with Gasteiger partial charge in [0, 0.05) is 9.64 Å². The Bertz CT molecular complexity index is 414. The van der Waals surface area contributed by atoms with Crippen LogP contribution in [0.1, 0.15) is 5.56 Å². The predicted molar refractivity (Wildman–Crippen MR) is 58.2 cm³/mol.